The molecule has 0 N–H and O–H groups in total. The molecule has 0 amide bonds. The van der Waals surface area contributed by atoms with Crippen molar-refractivity contribution < 1.29 is 6.21 Å². The van der Waals surface area contributed by atoms with Gasteiger partial charge in [-0.05, 0) is 0 Å². The summed E-state index contributed by atoms with van der Waals surface area (Å²) in [6.07, 6.45) is 0. The maximum absolute atomic E-state index is 9.13. The summed E-state index contributed by atoms with van der Waals surface area (Å²) in [6.45, 7) is 0. The molecule has 0 spiro atoms. The first-order valence-corrected chi connectivity index (χ1v) is 9.42. The molecular weight excluding hydrogens is 239 g/mol. The molecule has 0 aliphatic heterocycles. The summed E-state index contributed by atoms with van der Waals surface area (Å²) in [6, 6.07) is 0. The van der Waals surface area contributed by atoms with Gasteiger partial charge in [-0.15, -0.1) is 0 Å². The third kappa shape index (κ3) is 12.8. The second kappa shape index (κ2) is 2.16. The van der Waals surface area contributed by atoms with Gasteiger partial charge in [0.2, 0.25) is 0 Å². The van der Waals surface area contributed by atoms with E-state index >= 15 is 0 Å². The van der Waals surface area contributed by atoms with Crippen molar-refractivity contribution in [1.82, 2.24) is 0 Å². The molecule has 4 heteroatoms. The quantitative estimate of drug-likeness (QED) is 0.481. The Balaban J connectivity index is 3.51. The summed E-state index contributed by atoms with van der Waals surface area (Å²) >= 11 is -1.41. The number of hydrogen-bond acceptors (Lipinski definition) is 2. The van der Waals surface area contributed by atoms with E-state index in [1.807, 2.05) is 0 Å². The third-order valence-corrected chi connectivity index (χ3v) is 0. The van der Waals surface area contributed by atoms with Gasteiger partial charge in [0, 0.05) is 0 Å². The Morgan fingerprint density at radius 3 is 1.50 bits per heavy atom. The molecule has 0 bridgehead atoms. The second-order valence-electron chi connectivity index (χ2n) is 0.238. The van der Waals surface area contributed by atoms with Gasteiger partial charge in [-0.2, -0.15) is 0 Å². The third-order valence-electron chi connectivity index (χ3n) is 0. The van der Waals surface area contributed by atoms with Crippen LogP contribution in [0.2, 0.25) is 0 Å². The molecule has 26 valence electrons. The predicted octanol–water partition coefficient (Wildman–Crippen LogP) is -1.53. The maximum atomic E-state index is 9.13. The molecule has 0 aliphatic carbocycles. The standard InChI is InChI=1S/H2O2SeTe/c1-4(2)3/h4H,(H,1,2,3). The first-order chi connectivity index (χ1) is 1.73. The van der Waals surface area contributed by atoms with E-state index in [0.717, 1.165) is 0 Å². The van der Waals surface area contributed by atoms with Crippen molar-refractivity contribution in [2.45, 2.75) is 0 Å². The van der Waals surface area contributed by atoms with Crippen molar-refractivity contribution >= 4 is 30.1 Å². The molecule has 0 aromatic rings. The van der Waals surface area contributed by atoms with Crippen LogP contribution in [0.3, 0.4) is 0 Å². The van der Waals surface area contributed by atoms with Crippen LogP contribution in [0.15, 0.2) is 0 Å². The fourth-order valence-electron chi connectivity index (χ4n) is 0. The summed E-state index contributed by atoms with van der Waals surface area (Å²) in [4.78, 5) is 0. The molecular formula is H2O2SeTe. The Hall–Kier alpha value is 0.909. The minimum atomic E-state index is -3.01. The van der Waals surface area contributed by atoms with Gasteiger partial charge in [-0.1, -0.05) is 0 Å². The average Bonchev–Trinajstić information content (AvgIpc) is 0.811. The number of rotatable bonds is 0. The molecule has 0 saturated carbocycles. The van der Waals surface area contributed by atoms with E-state index in [2.05, 4.69) is 0 Å². The van der Waals surface area contributed by atoms with Crippen LogP contribution < -0.4 is 0 Å². The van der Waals surface area contributed by atoms with Crippen molar-refractivity contribution in [3.05, 3.63) is 0 Å². The molecule has 0 aromatic carbocycles. The summed E-state index contributed by atoms with van der Waals surface area (Å²) < 4.78 is 18.3. The molecule has 0 atom stereocenters. The molecule has 0 unspecified atom stereocenters. The monoisotopic (exact) mass is 244 g/mol. The van der Waals surface area contributed by atoms with Crippen molar-refractivity contribution in [3.63, 3.8) is 0 Å². The van der Waals surface area contributed by atoms with Crippen LogP contribution in [0.4, 0.5) is 0 Å². The summed E-state index contributed by atoms with van der Waals surface area (Å²) in [5.74, 6) is 0. The van der Waals surface area contributed by atoms with Crippen LogP contribution in [0, 0.1) is 0 Å². The molecule has 0 aliphatic rings. The normalized spacial score (nSPS) is 8.50. The van der Waals surface area contributed by atoms with Gasteiger partial charge in [0.05, 0.1) is 0 Å². The van der Waals surface area contributed by atoms with Gasteiger partial charge >= 0.3 is 36.3 Å². The van der Waals surface area contributed by atoms with Gasteiger partial charge in [0.15, 0.2) is 0 Å². The first kappa shape index (κ1) is 4.91. The minimum absolute atomic E-state index is 1.61. The van der Waals surface area contributed by atoms with Crippen molar-refractivity contribution in [2.24, 2.45) is 0 Å². The van der Waals surface area contributed by atoms with Gasteiger partial charge in [0.25, 0.3) is 0 Å². The van der Waals surface area contributed by atoms with Crippen molar-refractivity contribution in [2.75, 3.05) is 0 Å². The topological polar surface area (TPSA) is 34.1 Å². The van der Waals surface area contributed by atoms with E-state index in [9.17, 15) is 0 Å². The van der Waals surface area contributed by atoms with Crippen LogP contribution in [-0.2, 0) is 6.21 Å². The average molecular weight is 241 g/mol. The molecule has 0 heterocycles. The zero-order valence-corrected chi connectivity index (χ0v) is 6.14. The molecule has 0 rings (SSSR count). The van der Waals surface area contributed by atoms with Crippen LogP contribution in [0.25, 0.3) is 0 Å². The zero-order chi connectivity index (χ0) is 3.58. The molecule has 0 fully saturated rings. The fourth-order valence-corrected chi connectivity index (χ4v) is 0. The van der Waals surface area contributed by atoms with E-state index in [1.165, 1.54) is 0 Å². The van der Waals surface area contributed by atoms with Gasteiger partial charge in [-0.25, -0.2) is 0 Å². The van der Waals surface area contributed by atoms with Crippen molar-refractivity contribution in [1.29, 1.82) is 0 Å². The molecule has 2 nitrogen and oxygen atoms in total. The van der Waals surface area contributed by atoms with Gasteiger partial charge in [0.1, 0.15) is 0 Å². The molecule has 0 aromatic heterocycles. The summed E-state index contributed by atoms with van der Waals surface area (Å²) in [5.41, 5.74) is 0. The number of hydrogen-bond donors (Lipinski definition) is 0. The van der Waals surface area contributed by atoms with Crippen molar-refractivity contribution in [3.8, 4) is 0 Å². The first-order valence-electron chi connectivity index (χ1n) is 0.565. The van der Waals surface area contributed by atoms with Crippen LogP contribution in [0.5, 0.6) is 0 Å². The Morgan fingerprint density at radius 1 is 1.50 bits per heavy atom. The zero-order valence-electron chi connectivity index (χ0n) is 1.71. The predicted molar refractivity (Wildman–Crippen MR) is 15.7 cm³/mol. The molecule has 4 heavy (non-hydrogen) atoms. The molecule has 0 saturated heterocycles. The van der Waals surface area contributed by atoms with Crippen LogP contribution in [0.1, 0.15) is 0 Å². The van der Waals surface area contributed by atoms with Crippen LogP contribution >= 0.6 is 0 Å². The SMILES string of the molecule is O=[TeH](=O)[SeH]. The Morgan fingerprint density at radius 2 is 1.50 bits per heavy atom. The van der Waals surface area contributed by atoms with E-state index in [-0.39, 0.29) is 0 Å². The Kier molecular flexibility index (Phi) is 2.66. The van der Waals surface area contributed by atoms with Gasteiger partial charge < -0.3 is 0 Å². The van der Waals surface area contributed by atoms with Gasteiger partial charge in [-0.3, -0.25) is 0 Å². The van der Waals surface area contributed by atoms with E-state index in [4.69, 9.17) is 6.21 Å². The Bertz CT molecular complexity index is 54.4. The van der Waals surface area contributed by atoms with E-state index < -0.39 is 17.3 Å². The second-order valence-corrected chi connectivity index (χ2v) is 6.19. The van der Waals surface area contributed by atoms with E-state index in [0.29, 0.717) is 0 Å². The van der Waals surface area contributed by atoms with E-state index in [1.54, 1.807) is 12.8 Å². The summed E-state index contributed by atoms with van der Waals surface area (Å²) in [5, 5.41) is 0. The van der Waals surface area contributed by atoms with Crippen LogP contribution in [-0.4, -0.2) is 30.1 Å². The molecule has 0 radical (unpaired) electrons. The summed E-state index contributed by atoms with van der Waals surface area (Å²) in [7, 11) is 0. The Labute approximate surface area is 36.4 Å². The fraction of sp³-hybridized carbons (Fsp3) is 0.